The molecule has 0 saturated heterocycles. The standard InChI is InChI=1S/C14H13Cl2N3/c15-9-6-11(16)14(19-7-9)12(17)10-4-3-8-2-1-5-18-13(8)10/h1-2,5-7,10,12H,3-4,17H2. The highest BCUT2D eigenvalue weighted by molar-refractivity contribution is 6.34. The van der Waals surface area contributed by atoms with Gasteiger partial charge in [-0.15, -0.1) is 0 Å². The van der Waals surface area contributed by atoms with Crippen LogP contribution in [0.5, 0.6) is 0 Å². The van der Waals surface area contributed by atoms with Crippen LogP contribution >= 0.6 is 23.2 Å². The molecule has 19 heavy (non-hydrogen) atoms. The molecule has 0 bridgehead atoms. The minimum atomic E-state index is -0.249. The Morgan fingerprint density at radius 3 is 2.95 bits per heavy atom. The second-order valence-corrected chi connectivity index (χ2v) is 5.58. The zero-order valence-corrected chi connectivity index (χ0v) is 11.7. The fourth-order valence-electron chi connectivity index (χ4n) is 2.65. The molecule has 0 spiro atoms. The summed E-state index contributed by atoms with van der Waals surface area (Å²) in [6.07, 6.45) is 5.37. The SMILES string of the molecule is NC(c1ncc(Cl)cc1Cl)C1CCc2cccnc21. The summed E-state index contributed by atoms with van der Waals surface area (Å²) in [5, 5.41) is 1.04. The molecular formula is C14H13Cl2N3. The van der Waals surface area contributed by atoms with Crippen LogP contribution in [0, 0.1) is 0 Å². The van der Waals surface area contributed by atoms with Crippen molar-refractivity contribution in [2.75, 3.05) is 0 Å². The van der Waals surface area contributed by atoms with E-state index in [1.54, 1.807) is 18.5 Å². The zero-order chi connectivity index (χ0) is 13.4. The maximum Gasteiger partial charge on any atom is 0.0764 e. The Hall–Kier alpha value is -1.16. The van der Waals surface area contributed by atoms with E-state index in [1.165, 1.54) is 5.56 Å². The van der Waals surface area contributed by atoms with Crippen molar-refractivity contribution in [1.29, 1.82) is 0 Å². The number of nitrogens with zero attached hydrogens (tertiary/aromatic N) is 2. The van der Waals surface area contributed by atoms with Gasteiger partial charge in [0.2, 0.25) is 0 Å². The third-order valence-electron chi connectivity index (χ3n) is 3.59. The van der Waals surface area contributed by atoms with Crippen LogP contribution in [-0.2, 0) is 6.42 Å². The van der Waals surface area contributed by atoms with Crippen molar-refractivity contribution in [3.8, 4) is 0 Å². The first-order chi connectivity index (χ1) is 9.16. The van der Waals surface area contributed by atoms with Gasteiger partial charge in [-0.1, -0.05) is 29.3 Å². The third-order valence-corrected chi connectivity index (χ3v) is 4.10. The zero-order valence-electron chi connectivity index (χ0n) is 10.2. The van der Waals surface area contributed by atoms with Crippen LogP contribution in [0.1, 0.15) is 35.3 Å². The number of rotatable bonds is 2. The Morgan fingerprint density at radius 1 is 1.32 bits per heavy atom. The molecule has 0 radical (unpaired) electrons. The van der Waals surface area contributed by atoms with Gasteiger partial charge in [-0.3, -0.25) is 9.97 Å². The maximum atomic E-state index is 6.34. The molecule has 2 heterocycles. The molecule has 2 N–H and O–H groups in total. The lowest BCUT2D eigenvalue weighted by Gasteiger charge is -2.20. The van der Waals surface area contributed by atoms with E-state index < -0.39 is 0 Å². The molecule has 1 aliphatic carbocycles. The first-order valence-corrected chi connectivity index (χ1v) is 6.92. The Morgan fingerprint density at radius 2 is 2.16 bits per heavy atom. The molecule has 3 rings (SSSR count). The minimum Gasteiger partial charge on any atom is -0.322 e. The number of halogens is 2. The number of fused-ring (bicyclic) bond motifs is 1. The summed E-state index contributed by atoms with van der Waals surface area (Å²) in [5.74, 6) is 0.169. The molecule has 1 aliphatic rings. The van der Waals surface area contributed by atoms with Gasteiger partial charge in [-0.05, 0) is 30.5 Å². The third kappa shape index (κ3) is 2.34. The maximum absolute atomic E-state index is 6.34. The van der Waals surface area contributed by atoms with Gasteiger partial charge in [0.1, 0.15) is 0 Å². The molecule has 0 aromatic carbocycles. The van der Waals surface area contributed by atoms with Gasteiger partial charge in [0.15, 0.2) is 0 Å². The Balaban J connectivity index is 1.95. The van der Waals surface area contributed by atoms with Crippen LogP contribution < -0.4 is 5.73 Å². The highest BCUT2D eigenvalue weighted by atomic mass is 35.5. The Kier molecular flexibility index (Phi) is 3.44. The van der Waals surface area contributed by atoms with E-state index in [9.17, 15) is 0 Å². The molecule has 0 saturated carbocycles. The normalized spacial score (nSPS) is 19.2. The van der Waals surface area contributed by atoms with E-state index in [2.05, 4.69) is 16.0 Å². The van der Waals surface area contributed by atoms with Gasteiger partial charge in [0, 0.05) is 24.0 Å². The highest BCUT2D eigenvalue weighted by Gasteiger charge is 2.31. The predicted octanol–water partition coefficient (Wildman–Crippen LogP) is 3.51. The fourth-order valence-corrected chi connectivity index (χ4v) is 3.16. The van der Waals surface area contributed by atoms with Gasteiger partial charge in [-0.25, -0.2) is 0 Å². The van der Waals surface area contributed by atoms with Crippen molar-refractivity contribution < 1.29 is 0 Å². The molecule has 2 atom stereocenters. The minimum absolute atomic E-state index is 0.169. The smallest absolute Gasteiger partial charge is 0.0764 e. The number of aromatic nitrogens is 2. The van der Waals surface area contributed by atoms with Gasteiger partial charge in [-0.2, -0.15) is 0 Å². The summed E-state index contributed by atoms with van der Waals surface area (Å²) in [5.41, 5.74) is 9.37. The van der Waals surface area contributed by atoms with Gasteiger partial charge in [0.25, 0.3) is 0 Å². The largest absolute Gasteiger partial charge is 0.322 e. The average molecular weight is 294 g/mol. The summed E-state index contributed by atoms with van der Waals surface area (Å²) in [6.45, 7) is 0. The molecule has 0 aliphatic heterocycles. The van der Waals surface area contributed by atoms with Crippen molar-refractivity contribution in [2.45, 2.75) is 24.8 Å². The molecule has 98 valence electrons. The molecule has 0 fully saturated rings. The van der Waals surface area contributed by atoms with E-state index >= 15 is 0 Å². The van der Waals surface area contributed by atoms with E-state index in [0.29, 0.717) is 15.7 Å². The lowest BCUT2D eigenvalue weighted by atomic mass is 9.94. The van der Waals surface area contributed by atoms with Crippen LogP contribution in [0.4, 0.5) is 0 Å². The summed E-state index contributed by atoms with van der Waals surface area (Å²) in [6, 6.07) is 5.49. The van der Waals surface area contributed by atoms with Crippen LogP contribution in [0.2, 0.25) is 10.0 Å². The van der Waals surface area contributed by atoms with Gasteiger partial charge < -0.3 is 5.73 Å². The quantitative estimate of drug-likeness (QED) is 0.922. The second kappa shape index (κ2) is 5.08. The van der Waals surface area contributed by atoms with Crippen LogP contribution in [0.3, 0.4) is 0 Å². The van der Waals surface area contributed by atoms with E-state index in [-0.39, 0.29) is 12.0 Å². The van der Waals surface area contributed by atoms with Crippen LogP contribution in [-0.4, -0.2) is 9.97 Å². The van der Waals surface area contributed by atoms with Crippen molar-refractivity contribution >= 4 is 23.2 Å². The predicted molar refractivity (Wildman–Crippen MR) is 76.5 cm³/mol. The number of pyridine rings is 2. The average Bonchev–Trinajstić information content (AvgIpc) is 2.82. The first kappa shape index (κ1) is 12.9. The Bertz CT molecular complexity index is 615. The highest BCUT2D eigenvalue weighted by Crippen LogP contribution is 2.40. The number of nitrogens with two attached hydrogens (primary N) is 1. The number of hydrogen-bond acceptors (Lipinski definition) is 3. The summed E-state index contributed by atoms with van der Waals surface area (Å²) in [4.78, 5) is 8.74. The summed E-state index contributed by atoms with van der Waals surface area (Å²) >= 11 is 12.0. The lowest BCUT2D eigenvalue weighted by Crippen LogP contribution is -2.20. The Labute approximate surface area is 121 Å². The van der Waals surface area contributed by atoms with E-state index in [4.69, 9.17) is 28.9 Å². The molecule has 5 heteroatoms. The molecule has 2 aromatic heterocycles. The van der Waals surface area contributed by atoms with Crippen molar-refractivity contribution in [1.82, 2.24) is 9.97 Å². The summed E-state index contributed by atoms with van der Waals surface area (Å²) < 4.78 is 0. The second-order valence-electron chi connectivity index (χ2n) is 4.74. The number of hydrogen-bond donors (Lipinski definition) is 1. The van der Waals surface area contributed by atoms with Crippen LogP contribution in [0.25, 0.3) is 0 Å². The summed E-state index contributed by atoms with van der Waals surface area (Å²) in [7, 11) is 0. The fraction of sp³-hybridized carbons (Fsp3) is 0.286. The number of aryl methyl sites for hydroxylation is 1. The van der Waals surface area contributed by atoms with Crippen molar-refractivity contribution in [3.63, 3.8) is 0 Å². The van der Waals surface area contributed by atoms with Crippen LogP contribution in [0.15, 0.2) is 30.6 Å². The monoisotopic (exact) mass is 293 g/mol. The first-order valence-electron chi connectivity index (χ1n) is 6.17. The van der Waals surface area contributed by atoms with Crippen molar-refractivity contribution in [2.24, 2.45) is 5.73 Å². The molecule has 0 amide bonds. The van der Waals surface area contributed by atoms with Crippen molar-refractivity contribution in [3.05, 3.63) is 57.6 Å². The van der Waals surface area contributed by atoms with E-state index in [1.807, 2.05) is 6.07 Å². The molecular weight excluding hydrogens is 281 g/mol. The molecule has 3 nitrogen and oxygen atoms in total. The van der Waals surface area contributed by atoms with E-state index in [0.717, 1.165) is 18.5 Å². The lowest BCUT2D eigenvalue weighted by molar-refractivity contribution is 0.530. The molecule has 2 aromatic rings. The van der Waals surface area contributed by atoms with Gasteiger partial charge >= 0.3 is 0 Å². The molecule has 2 unspecified atom stereocenters. The topological polar surface area (TPSA) is 51.8 Å². The van der Waals surface area contributed by atoms with Gasteiger partial charge in [0.05, 0.1) is 21.8 Å².